The number of nitrogens with zero attached hydrogens (tertiary/aromatic N) is 1. The van der Waals surface area contributed by atoms with Gasteiger partial charge in [0.1, 0.15) is 5.58 Å². The van der Waals surface area contributed by atoms with E-state index in [9.17, 15) is 9.59 Å². The van der Waals surface area contributed by atoms with Crippen LogP contribution in [0.3, 0.4) is 0 Å². The van der Waals surface area contributed by atoms with Gasteiger partial charge in [-0.1, -0.05) is 30.3 Å². The second-order valence-electron chi connectivity index (χ2n) is 6.17. The van der Waals surface area contributed by atoms with Crippen LogP contribution in [-0.2, 0) is 4.79 Å². The summed E-state index contributed by atoms with van der Waals surface area (Å²) < 4.78 is 5.73. The molecule has 1 saturated heterocycles. The maximum Gasteiger partial charge on any atom is 0.291 e. The van der Waals surface area contributed by atoms with Crippen molar-refractivity contribution in [3.05, 3.63) is 59.9 Å². The molecule has 0 radical (unpaired) electrons. The van der Waals surface area contributed by atoms with Crippen LogP contribution in [0.15, 0.2) is 52.9 Å². The smallest absolute Gasteiger partial charge is 0.291 e. The third-order valence-electron chi connectivity index (χ3n) is 4.57. The Morgan fingerprint density at radius 1 is 1.12 bits per heavy atom. The standard InChI is InChI=1S/C20H18N2O3/c1-13-14-7-2-5-10-17(14)25-19(13)20(24)21-15-8-3-4-9-16(15)22-12-6-11-18(22)23/h2-5,7-10H,6,11-12H2,1H3,(H,21,24). The Morgan fingerprint density at radius 2 is 1.88 bits per heavy atom. The van der Waals surface area contributed by atoms with E-state index in [1.54, 1.807) is 11.0 Å². The van der Waals surface area contributed by atoms with E-state index >= 15 is 0 Å². The summed E-state index contributed by atoms with van der Waals surface area (Å²) in [7, 11) is 0. The van der Waals surface area contributed by atoms with Crippen LogP contribution in [0.1, 0.15) is 29.0 Å². The number of amides is 2. The molecule has 0 atom stereocenters. The van der Waals surface area contributed by atoms with Gasteiger partial charge in [0.2, 0.25) is 5.91 Å². The molecule has 126 valence electrons. The fourth-order valence-corrected chi connectivity index (χ4v) is 3.29. The largest absolute Gasteiger partial charge is 0.451 e. The summed E-state index contributed by atoms with van der Waals surface area (Å²) in [4.78, 5) is 26.5. The van der Waals surface area contributed by atoms with Crippen LogP contribution in [-0.4, -0.2) is 18.4 Å². The van der Waals surface area contributed by atoms with Crippen LogP contribution in [0.2, 0.25) is 0 Å². The Balaban J connectivity index is 1.67. The van der Waals surface area contributed by atoms with Gasteiger partial charge in [0.15, 0.2) is 5.76 Å². The van der Waals surface area contributed by atoms with Crippen molar-refractivity contribution in [3.63, 3.8) is 0 Å². The number of para-hydroxylation sites is 3. The van der Waals surface area contributed by atoms with Crippen molar-refractivity contribution < 1.29 is 14.0 Å². The summed E-state index contributed by atoms with van der Waals surface area (Å²) in [5.41, 5.74) is 2.84. The number of furan rings is 1. The Labute approximate surface area is 145 Å². The number of fused-ring (bicyclic) bond motifs is 1. The van der Waals surface area contributed by atoms with Crippen LogP contribution in [0.4, 0.5) is 11.4 Å². The Kier molecular flexibility index (Phi) is 3.76. The fraction of sp³-hybridized carbons (Fsp3) is 0.200. The zero-order chi connectivity index (χ0) is 17.4. The topological polar surface area (TPSA) is 62.6 Å². The highest BCUT2D eigenvalue weighted by molar-refractivity contribution is 6.09. The molecule has 0 spiro atoms. The third kappa shape index (κ3) is 2.67. The molecular weight excluding hydrogens is 316 g/mol. The zero-order valence-electron chi connectivity index (χ0n) is 13.9. The molecule has 1 aliphatic rings. The molecule has 3 aromatic rings. The second kappa shape index (κ2) is 6.09. The maximum absolute atomic E-state index is 12.7. The van der Waals surface area contributed by atoms with E-state index in [2.05, 4.69) is 5.32 Å². The van der Waals surface area contributed by atoms with Crippen molar-refractivity contribution in [1.82, 2.24) is 0 Å². The van der Waals surface area contributed by atoms with Crippen molar-refractivity contribution in [2.75, 3.05) is 16.8 Å². The first-order valence-corrected chi connectivity index (χ1v) is 8.34. The average Bonchev–Trinajstić information content (AvgIpc) is 3.19. The third-order valence-corrected chi connectivity index (χ3v) is 4.57. The van der Waals surface area contributed by atoms with E-state index in [0.717, 1.165) is 23.1 Å². The molecule has 0 bridgehead atoms. The SMILES string of the molecule is Cc1c(C(=O)Nc2ccccc2N2CCCC2=O)oc2ccccc12. The molecule has 2 amide bonds. The Bertz CT molecular complexity index is 974. The van der Waals surface area contributed by atoms with E-state index in [1.807, 2.05) is 49.4 Å². The Morgan fingerprint density at radius 3 is 2.64 bits per heavy atom. The molecule has 0 aliphatic carbocycles. The lowest BCUT2D eigenvalue weighted by Gasteiger charge is -2.19. The Hall–Kier alpha value is -3.08. The van der Waals surface area contributed by atoms with Crippen LogP contribution in [0.25, 0.3) is 11.0 Å². The lowest BCUT2D eigenvalue weighted by Crippen LogP contribution is -2.25. The van der Waals surface area contributed by atoms with Crippen molar-refractivity contribution in [2.45, 2.75) is 19.8 Å². The molecule has 2 aromatic carbocycles. The van der Waals surface area contributed by atoms with Crippen molar-refractivity contribution in [3.8, 4) is 0 Å². The van der Waals surface area contributed by atoms with Gasteiger partial charge in [-0.15, -0.1) is 0 Å². The average molecular weight is 334 g/mol. The highest BCUT2D eigenvalue weighted by Gasteiger charge is 2.25. The molecule has 5 heteroatoms. The first kappa shape index (κ1) is 15.4. The number of anilines is 2. The van der Waals surface area contributed by atoms with Gasteiger partial charge in [0, 0.05) is 23.9 Å². The summed E-state index contributed by atoms with van der Waals surface area (Å²) in [5.74, 6) is 0.0677. The van der Waals surface area contributed by atoms with E-state index in [-0.39, 0.29) is 11.8 Å². The molecule has 5 nitrogen and oxygen atoms in total. The molecule has 1 aliphatic heterocycles. The normalized spacial score (nSPS) is 14.3. The quantitative estimate of drug-likeness (QED) is 0.783. The summed E-state index contributed by atoms with van der Waals surface area (Å²) in [6.07, 6.45) is 1.38. The summed E-state index contributed by atoms with van der Waals surface area (Å²) in [5, 5.41) is 3.83. The fourth-order valence-electron chi connectivity index (χ4n) is 3.29. The van der Waals surface area contributed by atoms with Crippen LogP contribution < -0.4 is 10.2 Å². The number of rotatable bonds is 3. The van der Waals surface area contributed by atoms with Gasteiger partial charge in [0.05, 0.1) is 11.4 Å². The number of carbonyl (C=O) groups excluding carboxylic acids is 2. The van der Waals surface area contributed by atoms with Crippen LogP contribution in [0, 0.1) is 6.92 Å². The molecule has 1 aromatic heterocycles. The summed E-state index contributed by atoms with van der Waals surface area (Å²) in [6, 6.07) is 14.9. The van der Waals surface area contributed by atoms with Crippen molar-refractivity contribution >= 4 is 34.2 Å². The molecule has 1 fully saturated rings. The van der Waals surface area contributed by atoms with E-state index in [1.165, 1.54) is 0 Å². The van der Waals surface area contributed by atoms with Gasteiger partial charge < -0.3 is 14.6 Å². The summed E-state index contributed by atoms with van der Waals surface area (Å²) in [6.45, 7) is 2.55. The molecule has 0 saturated carbocycles. The number of hydrogen-bond acceptors (Lipinski definition) is 3. The van der Waals surface area contributed by atoms with Gasteiger partial charge in [-0.25, -0.2) is 0 Å². The van der Waals surface area contributed by atoms with Gasteiger partial charge in [0.25, 0.3) is 5.91 Å². The van der Waals surface area contributed by atoms with Gasteiger partial charge in [-0.3, -0.25) is 9.59 Å². The molecule has 0 unspecified atom stereocenters. The summed E-state index contributed by atoms with van der Waals surface area (Å²) >= 11 is 0. The maximum atomic E-state index is 12.7. The van der Waals surface area contributed by atoms with E-state index < -0.39 is 0 Å². The predicted octanol–water partition coefficient (Wildman–Crippen LogP) is 4.12. The first-order chi connectivity index (χ1) is 12.1. The highest BCUT2D eigenvalue weighted by Crippen LogP contribution is 2.31. The van der Waals surface area contributed by atoms with Crippen molar-refractivity contribution in [2.24, 2.45) is 0 Å². The highest BCUT2D eigenvalue weighted by atomic mass is 16.3. The first-order valence-electron chi connectivity index (χ1n) is 8.34. The lowest BCUT2D eigenvalue weighted by molar-refractivity contribution is -0.117. The number of nitrogens with one attached hydrogen (secondary N) is 1. The predicted molar refractivity (Wildman–Crippen MR) is 96.9 cm³/mol. The van der Waals surface area contributed by atoms with Crippen LogP contribution >= 0.6 is 0 Å². The van der Waals surface area contributed by atoms with Gasteiger partial charge in [-0.05, 0) is 31.5 Å². The van der Waals surface area contributed by atoms with Gasteiger partial charge in [-0.2, -0.15) is 0 Å². The number of carbonyl (C=O) groups is 2. The number of benzene rings is 2. The lowest BCUT2D eigenvalue weighted by atomic mass is 10.1. The minimum absolute atomic E-state index is 0.0848. The van der Waals surface area contributed by atoms with Gasteiger partial charge >= 0.3 is 0 Å². The zero-order valence-corrected chi connectivity index (χ0v) is 13.9. The van der Waals surface area contributed by atoms with Crippen molar-refractivity contribution in [1.29, 1.82) is 0 Å². The number of aryl methyl sites for hydroxylation is 1. The van der Waals surface area contributed by atoms with E-state index in [0.29, 0.717) is 30.0 Å². The minimum atomic E-state index is -0.312. The molecule has 25 heavy (non-hydrogen) atoms. The minimum Gasteiger partial charge on any atom is -0.451 e. The second-order valence-corrected chi connectivity index (χ2v) is 6.17. The molecular formula is C20H18N2O3. The molecule has 4 rings (SSSR count). The number of hydrogen-bond donors (Lipinski definition) is 1. The molecule has 1 N–H and O–H groups in total. The molecule has 2 heterocycles. The van der Waals surface area contributed by atoms with Crippen LogP contribution in [0.5, 0.6) is 0 Å². The van der Waals surface area contributed by atoms with E-state index in [4.69, 9.17) is 4.42 Å². The monoisotopic (exact) mass is 334 g/mol.